The molecule has 0 saturated carbocycles. The van der Waals surface area contributed by atoms with Gasteiger partial charge in [-0.1, -0.05) is 106 Å². The van der Waals surface area contributed by atoms with Crippen molar-refractivity contribution in [3.8, 4) is 11.1 Å². The molecule has 4 rings (SSSR count). The Kier molecular flexibility index (Phi) is 18.6. The molecule has 0 atom stereocenters. The van der Waals surface area contributed by atoms with Gasteiger partial charge in [0.2, 0.25) is 0 Å². The summed E-state index contributed by atoms with van der Waals surface area (Å²) in [5.74, 6) is 0. The molecule has 0 N–H and O–H groups in total. The quantitative estimate of drug-likeness (QED) is 0.221. The van der Waals surface area contributed by atoms with Crippen LogP contribution in [0.4, 0.5) is 0 Å². The Morgan fingerprint density at radius 2 is 1.15 bits per heavy atom. The van der Waals surface area contributed by atoms with Crippen LogP contribution in [0.1, 0.15) is 175 Å². The molecule has 2 aromatic rings. The number of hydrogen-bond donors (Lipinski definition) is 0. The molecule has 0 saturated heterocycles. The Morgan fingerprint density at radius 3 is 1.52 bits per heavy atom. The van der Waals surface area contributed by atoms with Gasteiger partial charge in [-0.05, 0) is 39.4 Å². The molecule has 2 aliphatic carbocycles. The van der Waals surface area contributed by atoms with Crippen LogP contribution in [0.15, 0.2) is 36.4 Å². The van der Waals surface area contributed by atoms with Gasteiger partial charge < -0.3 is 0 Å². The maximum absolute atomic E-state index is 3.90. The molecule has 2 aliphatic rings. The molecule has 2 aromatic carbocycles. The third kappa shape index (κ3) is 13.3. The summed E-state index contributed by atoms with van der Waals surface area (Å²) in [5.41, 5.74) is 11.9. The molecule has 0 aromatic heterocycles. The summed E-state index contributed by atoms with van der Waals surface area (Å²) >= 11 is 1.67. The van der Waals surface area contributed by atoms with Crippen LogP contribution in [0.25, 0.3) is 11.1 Å². The van der Waals surface area contributed by atoms with E-state index in [0.717, 1.165) is 12.8 Å². The largest absolute Gasteiger partial charge is 0.273 e. The minimum atomic E-state index is 0. The Balaban J connectivity index is 0.000000988. The normalized spacial score (nSPS) is 13.4. The molecular weight excluding hydrogens is 679 g/mol. The van der Waals surface area contributed by atoms with Crippen molar-refractivity contribution in [3.05, 3.63) is 82.0 Å². The number of rotatable bonds is 6. The van der Waals surface area contributed by atoms with Crippen molar-refractivity contribution in [2.75, 3.05) is 0 Å². The number of halogens is 2. The van der Waals surface area contributed by atoms with Crippen LogP contribution in [-0.4, -0.2) is 3.21 Å². The first-order valence-electron chi connectivity index (χ1n) is 17.3. The molecule has 0 amide bonds. The number of allylic oxidation sites excluding steroid dienone is 4. The van der Waals surface area contributed by atoms with Crippen molar-refractivity contribution in [2.24, 2.45) is 0 Å². The third-order valence-electron chi connectivity index (χ3n) is 8.48. The van der Waals surface area contributed by atoms with Gasteiger partial charge in [-0.15, -0.1) is 47.9 Å². The first-order valence-corrected chi connectivity index (χ1v) is 18.5. The van der Waals surface area contributed by atoms with Gasteiger partial charge in [-0.25, -0.2) is 12.2 Å². The van der Waals surface area contributed by atoms with Crippen molar-refractivity contribution in [3.63, 3.8) is 0 Å². The monoisotopic (exact) mass is 742 g/mol. The van der Waals surface area contributed by atoms with Gasteiger partial charge in [-0.3, -0.25) is 6.08 Å². The van der Waals surface area contributed by atoms with E-state index in [0.29, 0.717) is 0 Å². The van der Waals surface area contributed by atoms with Crippen LogP contribution < -0.4 is 0 Å². The maximum atomic E-state index is 3.90. The molecule has 256 valence electrons. The standard InChI is InChI=1S/C29H41.C9H18.C5H5.2ClH.Zr/c1-26(2,3)22-14-18-13-19-15-23(27(4,5)6)25(29(10,11)12)17-21(19)20(18)16-24(22)28(7,8)9;1-3-5-7-9-8-6-4-2;1-2-4-5-3-1;;;/h14,16-17H,13H2,1-12H3;3-8H2,1-2H3;1-3H,4H2;2*1H;/q-1;;-1;;;+2. The first kappa shape index (κ1) is 45.3. The summed E-state index contributed by atoms with van der Waals surface area (Å²) in [7, 11) is 0. The fourth-order valence-corrected chi connectivity index (χ4v) is 6.74. The molecule has 0 unspecified atom stereocenters. The maximum Gasteiger partial charge on any atom is -0.109 e. The molecule has 0 heterocycles. The number of fused-ring (bicyclic) bond motifs is 3. The molecule has 46 heavy (non-hydrogen) atoms. The summed E-state index contributed by atoms with van der Waals surface area (Å²) in [6, 6.07) is 11.4. The predicted molar refractivity (Wildman–Crippen MR) is 208 cm³/mol. The first-order chi connectivity index (χ1) is 20.2. The predicted octanol–water partition coefficient (Wildman–Crippen LogP) is 13.5. The van der Waals surface area contributed by atoms with Crippen molar-refractivity contribution >= 4 is 28.0 Å². The Hall–Kier alpha value is -0.747. The zero-order chi connectivity index (χ0) is 33.5. The van der Waals surface area contributed by atoms with Gasteiger partial charge >= 0.3 is 79.8 Å². The van der Waals surface area contributed by atoms with Crippen molar-refractivity contribution in [2.45, 2.75) is 170 Å². The molecule has 0 nitrogen and oxygen atoms in total. The smallest absolute Gasteiger partial charge is 0.109 e. The summed E-state index contributed by atoms with van der Waals surface area (Å²) in [5, 5.41) is 0. The van der Waals surface area contributed by atoms with E-state index in [1.54, 1.807) is 27.4 Å². The SMILES string of the molecule is CC(C)(C)c1[c-]c2c(cc1C(C)(C)C)-c1cc(C(C)(C)C)c(C(C)(C)C)cc1C2.CCCC[C](=[Zr+2])CCCC.Cl.Cl.[C-]1=CC=CC1. The average Bonchev–Trinajstić information content (AvgIpc) is 3.59. The topological polar surface area (TPSA) is 0 Å². The van der Waals surface area contributed by atoms with Gasteiger partial charge in [0.1, 0.15) is 0 Å². The Labute approximate surface area is 313 Å². The summed E-state index contributed by atoms with van der Waals surface area (Å²) in [6.45, 7) is 32.5. The molecular formula is C43H66Cl2Zr. The molecule has 0 aliphatic heterocycles. The van der Waals surface area contributed by atoms with E-state index in [-0.39, 0.29) is 46.5 Å². The number of unbranched alkanes of at least 4 members (excludes halogenated alkanes) is 2. The molecule has 0 bridgehead atoms. The average molecular weight is 745 g/mol. The number of benzene rings is 2. The Bertz CT molecular complexity index is 1220. The van der Waals surface area contributed by atoms with Gasteiger partial charge in [0.25, 0.3) is 0 Å². The van der Waals surface area contributed by atoms with Crippen LogP contribution in [0.3, 0.4) is 0 Å². The number of hydrogen-bond acceptors (Lipinski definition) is 0. The van der Waals surface area contributed by atoms with Crippen LogP contribution in [0.2, 0.25) is 0 Å². The van der Waals surface area contributed by atoms with Crippen LogP contribution in [-0.2, 0) is 52.3 Å². The molecule has 0 spiro atoms. The van der Waals surface area contributed by atoms with E-state index >= 15 is 0 Å². The second-order valence-electron chi connectivity index (χ2n) is 17.0. The Morgan fingerprint density at radius 1 is 0.674 bits per heavy atom. The van der Waals surface area contributed by atoms with Crippen LogP contribution in [0, 0.1) is 12.1 Å². The fourth-order valence-electron chi connectivity index (χ4n) is 5.87. The minimum absolute atomic E-state index is 0. The molecule has 3 heteroatoms. The van der Waals surface area contributed by atoms with Gasteiger partial charge in [0.05, 0.1) is 0 Å². The summed E-state index contributed by atoms with van der Waals surface area (Å²) in [6.07, 6.45) is 19.3. The van der Waals surface area contributed by atoms with Gasteiger partial charge in [0, 0.05) is 0 Å². The second kappa shape index (κ2) is 18.9. The summed E-state index contributed by atoms with van der Waals surface area (Å²) in [4.78, 5) is 0. The zero-order valence-corrected chi connectivity index (χ0v) is 36.0. The summed E-state index contributed by atoms with van der Waals surface area (Å²) < 4.78 is 1.79. The molecule has 0 fully saturated rings. The van der Waals surface area contributed by atoms with Gasteiger partial charge in [0.15, 0.2) is 0 Å². The van der Waals surface area contributed by atoms with Crippen LogP contribution >= 0.6 is 24.8 Å². The van der Waals surface area contributed by atoms with E-state index < -0.39 is 0 Å². The van der Waals surface area contributed by atoms with E-state index in [1.165, 1.54) is 83.0 Å². The molecule has 0 radical (unpaired) electrons. The van der Waals surface area contributed by atoms with E-state index in [4.69, 9.17) is 0 Å². The van der Waals surface area contributed by atoms with E-state index in [9.17, 15) is 0 Å². The second-order valence-corrected chi connectivity index (χ2v) is 18.7. The van der Waals surface area contributed by atoms with Crippen molar-refractivity contribution in [1.29, 1.82) is 0 Å². The minimum Gasteiger partial charge on any atom is -0.273 e. The zero-order valence-electron chi connectivity index (χ0n) is 31.9. The van der Waals surface area contributed by atoms with Crippen molar-refractivity contribution < 1.29 is 24.2 Å². The van der Waals surface area contributed by atoms with Crippen molar-refractivity contribution in [1.82, 2.24) is 0 Å². The fraction of sp³-hybridized carbons (Fsp3) is 0.605. The van der Waals surface area contributed by atoms with Crippen LogP contribution in [0.5, 0.6) is 0 Å². The van der Waals surface area contributed by atoms with E-state index in [2.05, 4.69) is 133 Å². The van der Waals surface area contributed by atoms with E-state index in [1.807, 2.05) is 12.2 Å². The third-order valence-corrected chi connectivity index (χ3v) is 9.71. The van der Waals surface area contributed by atoms with Gasteiger partial charge in [-0.2, -0.15) is 23.8 Å².